The number of carbonyl (C=O) groups is 1. The van der Waals surface area contributed by atoms with Gasteiger partial charge in [0.15, 0.2) is 18.9 Å². The van der Waals surface area contributed by atoms with Crippen LogP contribution in [0.3, 0.4) is 0 Å². The van der Waals surface area contributed by atoms with Crippen LogP contribution in [-0.4, -0.2) is 186 Å². The molecule has 0 unspecified atom stereocenters. The van der Waals surface area contributed by atoms with Crippen LogP contribution in [0.2, 0.25) is 0 Å². The largest absolute Gasteiger partial charge is 0.394 e. The second kappa shape index (κ2) is 16.9. The van der Waals surface area contributed by atoms with Crippen LogP contribution in [-0.2, 0) is 33.2 Å². The Balaban J connectivity index is 1.06. The summed E-state index contributed by atoms with van der Waals surface area (Å²) in [4.78, 5) is 13.5. The smallest absolute Gasteiger partial charge is 0.187 e. The molecule has 0 aromatic carbocycles. The van der Waals surface area contributed by atoms with Crippen LogP contribution in [0.5, 0.6) is 0 Å². The van der Waals surface area contributed by atoms with Crippen molar-refractivity contribution in [3.8, 4) is 0 Å². The molecule has 18 heteroatoms. The minimum absolute atomic E-state index is 0.0312. The number of Topliss-reactive ketones (excluding diaryl/α,β-unsaturated/α-hetero) is 1. The molecule has 7 aliphatic rings. The third kappa shape index (κ3) is 7.68. The van der Waals surface area contributed by atoms with E-state index in [1.165, 1.54) is 12.5 Å². The average Bonchev–Trinajstić information content (AvgIpc) is 3.49. The van der Waals surface area contributed by atoms with Gasteiger partial charge in [-0.25, -0.2) is 0 Å². The van der Waals surface area contributed by atoms with E-state index in [1.54, 1.807) is 0 Å². The minimum Gasteiger partial charge on any atom is -0.394 e. The number of allylic oxidation sites excluding steroid dienone is 1. The van der Waals surface area contributed by atoms with E-state index in [9.17, 15) is 61.0 Å². The summed E-state index contributed by atoms with van der Waals surface area (Å²) < 4.78 is 35.2. The molecule has 3 saturated carbocycles. The predicted molar refractivity (Wildman–Crippen MR) is 191 cm³/mol. The fourth-order valence-electron chi connectivity index (χ4n) is 11.7. The van der Waals surface area contributed by atoms with Gasteiger partial charge in [0.25, 0.3) is 0 Å². The van der Waals surface area contributed by atoms with E-state index in [0.717, 1.165) is 32.1 Å². The van der Waals surface area contributed by atoms with Gasteiger partial charge in [-0.2, -0.15) is 0 Å². The predicted octanol–water partition coefficient (Wildman–Crippen LogP) is -3.04. The van der Waals surface area contributed by atoms with E-state index in [1.807, 2.05) is 0 Å². The first-order valence-corrected chi connectivity index (χ1v) is 20.4. The van der Waals surface area contributed by atoms with Crippen molar-refractivity contribution in [3.05, 3.63) is 11.6 Å². The van der Waals surface area contributed by atoms with Crippen LogP contribution in [0.1, 0.15) is 65.7 Å². The van der Waals surface area contributed by atoms with Crippen LogP contribution in [0.4, 0.5) is 0 Å². The molecule has 6 fully saturated rings. The third-order valence-corrected chi connectivity index (χ3v) is 14.9. The van der Waals surface area contributed by atoms with Crippen molar-refractivity contribution in [2.24, 2.45) is 34.5 Å². The second-order valence-electron chi connectivity index (χ2n) is 18.1. The Morgan fingerprint density at radius 3 is 1.93 bits per heavy atom. The van der Waals surface area contributed by atoms with Crippen LogP contribution in [0.15, 0.2) is 11.6 Å². The van der Waals surface area contributed by atoms with E-state index < -0.39 is 129 Å². The standard InChI is InChI=1S/C39H62O18/c1-15(42)25-21(11-20-18-5-4-16-10-17(43)6-8-38(16,2)19(18)7-9-39(20,25)3)53-35-32(50)30(48)28(46)24(56-35)14-52-37-34(31(49)27(45)23(13-41)55-37)57-36-33(51)29(47)26(44)22(12-40)54-36/h4,17-37,40-41,43-51H,5-14H2,1-3H3/t17-,18+,19-,20-,21+,22+,23+,24+,25-,26+,27+,28+,29-,30-,31-,32+,33+,34+,35+,36-,37+,38-,39-/m0/s1. The molecular weight excluding hydrogens is 756 g/mol. The molecule has 3 saturated heterocycles. The number of ether oxygens (including phenoxy) is 6. The van der Waals surface area contributed by atoms with Crippen molar-refractivity contribution >= 4 is 5.78 Å². The van der Waals surface area contributed by atoms with Gasteiger partial charge in [0.05, 0.1) is 32.0 Å². The van der Waals surface area contributed by atoms with Gasteiger partial charge in [0, 0.05) is 5.92 Å². The molecule has 0 aromatic heterocycles. The minimum atomic E-state index is -1.88. The Morgan fingerprint density at radius 2 is 1.30 bits per heavy atom. The summed E-state index contributed by atoms with van der Waals surface area (Å²) >= 11 is 0. The number of ketones is 1. The van der Waals surface area contributed by atoms with Gasteiger partial charge in [0.2, 0.25) is 0 Å². The highest BCUT2D eigenvalue weighted by Crippen LogP contribution is 2.66. The van der Waals surface area contributed by atoms with Gasteiger partial charge in [-0.1, -0.05) is 25.5 Å². The first kappa shape index (κ1) is 43.8. The van der Waals surface area contributed by atoms with Crippen LogP contribution < -0.4 is 0 Å². The monoisotopic (exact) mass is 818 g/mol. The summed E-state index contributed by atoms with van der Waals surface area (Å²) in [5, 5.41) is 116. The lowest BCUT2D eigenvalue weighted by Crippen LogP contribution is -2.65. The quantitative estimate of drug-likeness (QED) is 0.0977. The van der Waals surface area contributed by atoms with Crippen molar-refractivity contribution in [2.75, 3.05) is 19.8 Å². The van der Waals surface area contributed by atoms with E-state index in [2.05, 4.69) is 19.9 Å². The summed E-state index contributed by atoms with van der Waals surface area (Å²) in [6.07, 6.45) is -18.4. The van der Waals surface area contributed by atoms with Crippen molar-refractivity contribution in [3.63, 3.8) is 0 Å². The molecule has 0 bridgehead atoms. The zero-order valence-electron chi connectivity index (χ0n) is 32.5. The summed E-state index contributed by atoms with van der Waals surface area (Å²) in [6.45, 7) is 3.85. The molecular formula is C39H62O18. The van der Waals surface area contributed by atoms with E-state index in [4.69, 9.17) is 28.4 Å². The fraction of sp³-hybridized carbons (Fsp3) is 0.923. The van der Waals surface area contributed by atoms with Crippen molar-refractivity contribution < 1.29 is 89.4 Å². The van der Waals surface area contributed by atoms with Crippen LogP contribution in [0, 0.1) is 34.5 Å². The number of fused-ring (bicyclic) bond motifs is 5. The van der Waals surface area contributed by atoms with E-state index >= 15 is 0 Å². The lowest BCUT2D eigenvalue weighted by atomic mass is 9.47. The lowest BCUT2D eigenvalue weighted by molar-refractivity contribution is -0.373. The van der Waals surface area contributed by atoms with Crippen molar-refractivity contribution in [1.82, 2.24) is 0 Å². The summed E-state index contributed by atoms with van der Waals surface area (Å²) in [5.41, 5.74) is 0.885. The zero-order chi connectivity index (χ0) is 41.3. The van der Waals surface area contributed by atoms with E-state index in [0.29, 0.717) is 18.8 Å². The highest BCUT2D eigenvalue weighted by Gasteiger charge is 2.63. The molecule has 0 radical (unpaired) electrons. The van der Waals surface area contributed by atoms with Crippen molar-refractivity contribution in [2.45, 2.75) is 170 Å². The highest BCUT2D eigenvalue weighted by atomic mass is 16.8. The average molecular weight is 819 g/mol. The fourth-order valence-corrected chi connectivity index (χ4v) is 11.7. The number of rotatable bonds is 10. The van der Waals surface area contributed by atoms with Gasteiger partial charge >= 0.3 is 0 Å². The summed E-state index contributed by atoms with van der Waals surface area (Å²) in [6, 6.07) is 0. The van der Waals surface area contributed by atoms with E-state index in [-0.39, 0.29) is 29.1 Å². The topological polar surface area (TPSA) is 295 Å². The van der Waals surface area contributed by atoms with Gasteiger partial charge in [-0.05, 0) is 80.5 Å². The molecule has 3 aliphatic heterocycles. The number of hydrogen-bond acceptors (Lipinski definition) is 18. The number of carbonyl (C=O) groups excluding carboxylic acids is 1. The first-order valence-electron chi connectivity index (χ1n) is 20.4. The van der Waals surface area contributed by atoms with Gasteiger partial charge in [0.1, 0.15) is 79.0 Å². The number of hydrogen-bond donors (Lipinski definition) is 11. The summed E-state index contributed by atoms with van der Waals surface area (Å²) in [7, 11) is 0. The lowest BCUT2D eigenvalue weighted by Gasteiger charge is -2.57. The maximum Gasteiger partial charge on any atom is 0.187 e. The maximum absolute atomic E-state index is 13.5. The summed E-state index contributed by atoms with van der Waals surface area (Å²) in [5.74, 6) is 0.164. The molecule has 11 N–H and O–H groups in total. The normalized spacial score (nSPS) is 54.0. The molecule has 57 heavy (non-hydrogen) atoms. The van der Waals surface area contributed by atoms with Crippen LogP contribution >= 0.6 is 0 Å². The number of aliphatic hydroxyl groups excluding tert-OH is 11. The second-order valence-corrected chi connectivity index (χ2v) is 18.1. The molecule has 23 atom stereocenters. The molecule has 0 aromatic rings. The Kier molecular flexibility index (Phi) is 13.0. The molecule has 326 valence electrons. The third-order valence-electron chi connectivity index (χ3n) is 14.9. The number of aliphatic hydroxyl groups is 11. The Morgan fingerprint density at radius 1 is 0.719 bits per heavy atom. The maximum atomic E-state index is 13.5. The van der Waals surface area contributed by atoms with Crippen molar-refractivity contribution in [1.29, 1.82) is 0 Å². The first-order chi connectivity index (χ1) is 26.9. The molecule has 0 spiro atoms. The Labute approximate surface area is 330 Å². The van der Waals surface area contributed by atoms with Gasteiger partial charge in [-0.3, -0.25) is 4.79 Å². The van der Waals surface area contributed by atoms with Gasteiger partial charge < -0.3 is 84.6 Å². The molecule has 18 nitrogen and oxygen atoms in total. The highest BCUT2D eigenvalue weighted by molar-refractivity contribution is 5.80. The molecule has 4 aliphatic carbocycles. The Hall–Kier alpha value is -1.27. The Bertz CT molecular complexity index is 1450. The zero-order valence-corrected chi connectivity index (χ0v) is 32.5. The van der Waals surface area contributed by atoms with Crippen LogP contribution in [0.25, 0.3) is 0 Å². The van der Waals surface area contributed by atoms with Gasteiger partial charge in [-0.15, -0.1) is 0 Å². The molecule has 0 amide bonds. The molecule has 3 heterocycles. The SMILES string of the molecule is CC(=O)[C@H]1[C@H](O[C@@H]2O[C@H](CO[C@@H]3O[C@H](CO)[C@@H](O)[C@H](O)[C@H]3O[C@@H]3O[C@H](CO)[C@@H](O)[C@H](O)[C@H]3O)[C@@H](O)[C@H](O)[C@H]2O)C[C@H]2[C@@H]3CC=C4C[C@@H](O)CC[C@]4(C)[C@H]3CC[C@@]21C. The molecule has 7 rings (SSSR count).